The Balaban J connectivity index is 1.47. The van der Waals surface area contributed by atoms with E-state index in [0.717, 1.165) is 62.0 Å². The maximum Gasteiger partial charge on any atom is 0.226 e. The first kappa shape index (κ1) is 22.0. The number of aryl methyl sites for hydroxylation is 1. The second-order valence-corrected chi connectivity index (χ2v) is 10.6. The van der Waals surface area contributed by atoms with E-state index in [-0.39, 0.29) is 17.0 Å². The Morgan fingerprint density at radius 3 is 2.81 bits per heavy atom. The van der Waals surface area contributed by atoms with Gasteiger partial charge in [0.1, 0.15) is 0 Å². The first-order valence-corrected chi connectivity index (χ1v) is 11.8. The average molecular weight is 424 g/mol. The van der Waals surface area contributed by atoms with E-state index in [1.165, 1.54) is 5.57 Å². The topological polar surface area (TPSA) is 63.1 Å². The number of hydrogen-bond acceptors (Lipinski definition) is 4. The summed E-state index contributed by atoms with van der Waals surface area (Å²) in [5, 5.41) is 9.22. The molecule has 1 N–H and O–H groups in total. The lowest BCUT2D eigenvalue weighted by Gasteiger charge is -2.41. The summed E-state index contributed by atoms with van der Waals surface area (Å²) in [6, 6.07) is 4.25. The number of nitrogens with zero attached hydrogens (tertiary/aromatic N) is 4. The van der Waals surface area contributed by atoms with Crippen LogP contribution in [0.2, 0.25) is 0 Å². The molecule has 6 nitrogen and oxygen atoms in total. The van der Waals surface area contributed by atoms with Crippen molar-refractivity contribution in [1.82, 2.24) is 25.0 Å². The molecule has 0 radical (unpaired) electrons. The smallest absolute Gasteiger partial charge is 0.226 e. The Morgan fingerprint density at radius 2 is 2.06 bits per heavy atom. The van der Waals surface area contributed by atoms with E-state index in [2.05, 4.69) is 68.1 Å². The number of fused-ring (bicyclic) bond motifs is 1. The fourth-order valence-corrected chi connectivity index (χ4v) is 5.52. The van der Waals surface area contributed by atoms with Crippen molar-refractivity contribution in [2.75, 3.05) is 13.1 Å². The predicted octanol–water partition coefficient (Wildman–Crippen LogP) is 4.41. The summed E-state index contributed by atoms with van der Waals surface area (Å²) >= 11 is 0. The van der Waals surface area contributed by atoms with Crippen molar-refractivity contribution in [1.29, 1.82) is 0 Å². The monoisotopic (exact) mass is 423 g/mol. The lowest BCUT2D eigenvalue weighted by Crippen LogP contribution is -2.54. The third-order valence-corrected chi connectivity index (χ3v) is 6.41. The molecule has 4 rings (SSSR count). The molecule has 168 valence electrons. The molecular formula is C25H37N5O. The lowest BCUT2D eigenvalue weighted by atomic mass is 9.82. The number of carbonyl (C=O) groups is 1. The van der Waals surface area contributed by atoms with Crippen LogP contribution in [-0.4, -0.2) is 49.7 Å². The SMILES string of the molecule is CCCn1ncc2ccc([C@@H]3CCCN(C(=O)CC4=CC(C)(C)NC(C)(C)C4)C3)nc21. The molecule has 0 saturated carbocycles. The highest BCUT2D eigenvalue weighted by Gasteiger charge is 2.34. The second-order valence-electron chi connectivity index (χ2n) is 10.6. The highest BCUT2D eigenvalue weighted by Crippen LogP contribution is 2.31. The summed E-state index contributed by atoms with van der Waals surface area (Å²) < 4.78 is 2.00. The van der Waals surface area contributed by atoms with Gasteiger partial charge in [0.25, 0.3) is 0 Å². The molecule has 4 heterocycles. The lowest BCUT2D eigenvalue weighted by molar-refractivity contribution is -0.131. The Morgan fingerprint density at radius 1 is 1.26 bits per heavy atom. The number of hydrogen-bond donors (Lipinski definition) is 1. The van der Waals surface area contributed by atoms with Gasteiger partial charge in [-0.3, -0.25) is 4.79 Å². The number of piperidine rings is 1. The minimum absolute atomic E-state index is 0.0130. The third-order valence-electron chi connectivity index (χ3n) is 6.41. The van der Waals surface area contributed by atoms with Gasteiger partial charge >= 0.3 is 0 Å². The van der Waals surface area contributed by atoms with Gasteiger partial charge in [0.05, 0.1) is 6.20 Å². The minimum Gasteiger partial charge on any atom is -0.342 e. The molecule has 0 aliphatic carbocycles. The van der Waals surface area contributed by atoms with E-state index in [4.69, 9.17) is 4.98 Å². The van der Waals surface area contributed by atoms with Crippen LogP contribution < -0.4 is 5.32 Å². The summed E-state index contributed by atoms with van der Waals surface area (Å²) in [6.45, 7) is 13.4. The van der Waals surface area contributed by atoms with Crippen LogP contribution in [0.3, 0.4) is 0 Å². The number of carbonyl (C=O) groups excluding carboxylic acids is 1. The van der Waals surface area contributed by atoms with E-state index in [1.54, 1.807) is 0 Å². The maximum absolute atomic E-state index is 13.2. The molecule has 1 atom stereocenters. The average Bonchev–Trinajstić information content (AvgIpc) is 3.08. The normalized spacial score (nSPS) is 23.1. The van der Waals surface area contributed by atoms with Crippen molar-refractivity contribution >= 4 is 16.9 Å². The molecule has 1 saturated heterocycles. The highest BCUT2D eigenvalue weighted by atomic mass is 16.2. The summed E-state index contributed by atoms with van der Waals surface area (Å²) in [7, 11) is 0. The Hall–Kier alpha value is -2.21. The van der Waals surface area contributed by atoms with Gasteiger partial charge in [0.15, 0.2) is 5.65 Å². The Kier molecular flexibility index (Phi) is 5.95. The molecule has 0 aromatic carbocycles. The molecule has 2 aromatic heterocycles. The van der Waals surface area contributed by atoms with Crippen LogP contribution in [0.5, 0.6) is 0 Å². The number of rotatable bonds is 5. The molecule has 31 heavy (non-hydrogen) atoms. The number of pyridine rings is 1. The van der Waals surface area contributed by atoms with Gasteiger partial charge in [-0.1, -0.05) is 18.6 Å². The van der Waals surface area contributed by atoms with Crippen LogP contribution in [0.15, 0.2) is 30.0 Å². The van der Waals surface area contributed by atoms with E-state index < -0.39 is 0 Å². The van der Waals surface area contributed by atoms with E-state index in [9.17, 15) is 4.79 Å². The van der Waals surface area contributed by atoms with Gasteiger partial charge in [-0.25, -0.2) is 9.67 Å². The molecular weight excluding hydrogens is 386 g/mol. The van der Waals surface area contributed by atoms with Gasteiger partial charge in [-0.05, 0) is 65.5 Å². The fourth-order valence-electron chi connectivity index (χ4n) is 5.52. The number of nitrogens with one attached hydrogen (secondary N) is 1. The van der Waals surface area contributed by atoms with Gasteiger partial charge in [0.2, 0.25) is 5.91 Å². The maximum atomic E-state index is 13.2. The highest BCUT2D eigenvalue weighted by molar-refractivity contribution is 5.79. The van der Waals surface area contributed by atoms with Crippen LogP contribution >= 0.6 is 0 Å². The molecule has 2 aliphatic heterocycles. The van der Waals surface area contributed by atoms with Crippen molar-refractivity contribution in [3.05, 3.63) is 35.7 Å². The molecule has 6 heteroatoms. The number of aromatic nitrogens is 3. The molecule has 2 aliphatic rings. The second kappa shape index (κ2) is 8.38. The van der Waals surface area contributed by atoms with E-state index >= 15 is 0 Å². The van der Waals surface area contributed by atoms with Crippen molar-refractivity contribution in [2.45, 2.75) is 90.3 Å². The quantitative estimate of drug-likeness (QED) is 0.724. The summed E-state index contributed by atoms with van der Waals surface area (Å²) in [5.74, 6) is 0.545. The zero-order chi connectivity index (χ0) is 22.2. The standard InChI is InChI=1S/C25H37N5O/c1-6-11-30-23-19(16-26-30)9-10-21(27-23)20-8-7-12-29(17-20)22(31)13-18-14-24(2,3)28-25(4,5)15-18/h9-10,14,16,20,28H,6-8,11-13,15,17H2,1-5H3/t20-/m1/s1. The van der Waals surface area contributed by atoms with Crippen LogP contribution in [0, 0.1) is 0 Å². The number of amides is 1. The Labute approximate surface area is 186 Å². The third kappa shape index (κ3) is 5.00. The predicted molar refractivity (Wildman–Crippen MR) is 125 cm³/mol. The van der Waals surface area contributed by atoms with Crippen molar-refractivity contribution in [2.24, 2.45) is 0 Å². The largest absolute Gasteiger partial charge is 0.342 e. The van der Waals surface area contributed by atoms with Gasteiger partial charge in [-0.2, -0.15) is 5.10 Å². The van der Waals surface area contributed by atoms with Crippen molar-refractivity contribution in [3.63, 3.8) is 0 Å². The molecule has 1 amide bonds. The van der Waals surface area contributed by atoms with Gasteiger partial charge in [0, 0.05) is 54.1 Å². The van der Waals surface area contributed by atoms with Gasteiger partial charge in [-0.15, -0.1) is 0 Å². The first-order valence-electron chi connectivity index (χ1n) is 11.8. The van der Waals surface area contributed by atoms with Crippen molar-refractivity contribution < 1.29 is 4.79 Å². The van der Waals surface area contributed by atoms with Crippen LogP contribution in [0.25, 0.3) is 11.0 Å². The van der Waals surface area contributed by atoms with Crippen LogP contribution in [0.4, 0.5) is 0 Å². The van der Waals surface area contributed by atoms with E-state index in [0.29, 0.717) is 12.3 Å². The van der Waals surface area contributed by atoms with E-state index in [1.807, 2.05) is 10.9 Å². The number of likely N-dealkylation sites (tertiary alicyclic amines) is 1. The molecule has 0 bridgehead atoms. The summed E-state index contributed by atoms with van der Waals surface area (Å²) in [6.07, 6.45) is 8.73. The molecule has 2 aromatic rings. The van der Waals surface area contributed by atoms with Crippen LogP contribution in [0.1, 0.15) is 78.3 Å². The molecule has 1 fully saturated rings. The first-order chi connectivity index (χ1) is 14.7. The van der Waals surface area contributed by atoms with Crippen LogP contribution in [-0.2, 0) is 11.3 Å². The zero-order valence-electron chi connectivity index (χ0n) is 19.7. The van der Waals surface area contributed by atoms with Gasteiger partial charge < -0.3 is 10.2 Å². The fraction of sp³-hybridized carbons (Fsp3) is 0.640. The summed E-state index contributed by atoms with van der Waals surface area (Å²) in [4.78, 5) is 20.2. The zero-order valence-corrected chi connectivity index (χ0v) is 19.7. The Bertz CT molecular complexity index is 987. The van der Waals surface area contributed by atoms with Crippen molar-refractivity contribution in [3.8, 4) is 0 Å². The summed E-state index contributed by atoms with van der Waals surface area (Å²) in [5.41, 5.74) is 3.24. The molecule has 0 unspecified atom stereocenters. The minimum atomic E-state index is -0.0808. The molecule has 0 spiro atoms.